The second-order valence-electron chi connectivity index (χ2n) is 4.96. The Bertz CT molecular complexity index is 878. The average molecular weight is 373 g/mol. The molecule has 0 saturated carbocycles. The van der Waals surface area contributed by atoms with E-state index in [2.05, 4.69) is 10.3 Å². The van der Waals surface area contributed by atoms with Gasteiger partial charge >= 0.3 is 5.69 Å². The number of anilines is 1. The van der Waals surface area contributed by atoms with Crippen LogP contribution in [0.2, 0.25) is 10.0 Å². The molecule has 5 N–H and O–H groups in total. The maximum atomic E-state index is 12.1. The van der Waals surface area contributed by atoms with Crippen molar-refractivity contribution < 1.29 is 9.53 Å². The molecule has 1 heterocycles. The molecule has 0 spiro atoms. The molecule has 0 saturated heterocycles. The minimum Gasteiger partial charge on any atom is -0.490 e. The van der Waals surface area contributed by atoms with Crippen LogP contribution in [0.1, 0.15) is 17.4 Å². The van der Waals surface area contributed by atoms with Gasteiger partial charge in [0.2, 0.25) is 0 Å². The highest BCUT2D eigenvalue weighted by molar-refractivity contribution is 6.34. The van der Waals surface area contributed by atoms with E-state index in [0.29, 0.717) is 15.8 Å². The Hall–Kier alpha value is -2.45. The lowest BCUT2D eigenvalue weighted by Gasteiger charge is -2.16. The lowest BCUT2D eigenvalue weighted by molar-refractivity contribution is 0.0922. The van der Waals surface area contributed by atoms with Crippen LogP contribution in [0, 0.1) is 0 Å². The van der Waals surface area contributed by atoms with Gasteiger partial charge in [-0.15, -0.1) is 0 Å². The van der Waals surface area contributed by atoms with Gasteiger partial charge in [0.1, 0.15) is 23.7 Å². The molecule has 1 atom stereocenters. The van der Waals surface area contributed by atoms with Crippen molar-refractivity contribution in [3.8, 4) is 5.75 Å². The fourth-order valence-corrected chi connectivity index (χ4v) is 2.15. The van der Waals surface area contributed by atoms with Gasteiger partial charge in [0, 0.05) is 11.1 Å². The number of nitrogens with one attached hydrogen (secondary N) is 3. The van der Waals surface area contributed by atoms with Gasteiger partial charge < -0.3 is 20.8 Å². The molecule has 128 valence electrons. The van der Waals surface area contributed by atoms with E-state index in [1.54, 1.807) is 25.1 Å². The summed E-state index contributed by atoms with van der Waals surface area (Å²) in [5.74, 6) is -0.335. The molecule has 1 aromatic carbocycles. The van der Waals surface area contributed by atoms with Gasteiger partial charge in [-0.3, -0.25) is 14.6 Å². The van der Waals surface area contributed by atoms with Gasteiger partial charge in [-0.25, -0.2) is 4.79 Å². The van der Waals surface area contributed by atoms with Gasteiger partial charge in [0.15, 0.2) is 0 Å². The van der Waals surface area contributed by atoms with Gasteiger partial charge in [-0.1, -0.05) is 23.2 Å². The van der Waals surface area contributed by atoms with Crippen LogP contribution in [-0.2, 0) is 0 Å². The number of H-pyrrole nitrogens is 2. The number of benzene rings is 1. The molecule has 0 unspecified atom stereocenters. The Morgan fingerprint density at radius 2 is 2.04 bits per heavy atom. The predicted octanol–water partition coefficient (Wildman–Crippen LogP) is 1.15. The summed E-state index contributed by atoms with van der Waals surface area (Å²) in [5, 5.41) is 3.39. The molecule has 24 heavy (non-hydrogen) atoms. The zero-order valence-electron chi connectivity index (χ0n) is 12.5. The predicted molar refractivity (Wildman–Crippen MR) is 91.0 cm³/mol. The van der Waals surface area contributed by atoms with E-state index >= 15 is 0 Å². The van der Waals surface area contributed by atoms with Crippen molar-refractivity contribution in [2.45, 2.75) is 13.0 Å². The maximum absolute atomic E-state index is 12.1. The molecule has 1 amide bonds. The smallest absolute Gasteiger partial charge is 0.326 e. The first-order valence-electron chi connectivity index (χ1n) is 6.78. The molecule has 10 heteroatoms. The molecule has 0 fully saturated rings. The van der Waals surface area contributed by atoms with E-state index in [1.807, 2.05) is 4.98 Å². The fourth-order valence-electron chi connectivity index (χ4n) is 1.82. The van der Waals surface area contributed by atoms with Crippen molar-refractivity contribution in [2.24, 2.45) is 0 Å². The van der Waals surface area contributed by atoms with Gasteiger partial charge in [-0.2, -0.15) is 0 Å². The Labute approximate surface area is 145 Å². The molecule has 1 aromatic heterocycles. The lowest BCUT2D eigenvalue weighted by Crippen LogP contribution is -2.40. The summed E-state index contributed by atoms with van der Waals surface area (Å²) in [6, 6.07) is 4.29. The number of rotatable bonds is 5. The summed E-state index contributed by atoms with van der Waals surface area (Å²) < 4.78 is 5.49. The van der Waals surface area contributed by atoms with Crippen molar-refractivity contribution in [2.75, 3.05) is 12.3 Å². The molecule has 0 bridgehead atoms. The van der Waals surface area contributed by atoms with Crippen molar-refractivity contribution in [1.29, 1.82) is 0 Å². The van der Waals surface area contributed by atoms with E-state index < -0.39 is 23.2 Å². The van der Waals surface area contributed by atoms with Crippen molar-refractivity contribution in [3.63, 3.8) is 0 Å². The van der Waals surface area contributed by atoms with E-state index in [-0.39, 0.29) is 18.0 Å². The topological polar surface area (TPSA) is 130 Å². The Kier molecular flexibility index (Phi) is 5.53. The number of aromatic amines is 2. The molecule has 0 aliphatic carbocycles. The van der Waals surface area contributed by atoms with E-state index in [9.17, 15) is 14.4 Å². The maximum Gasteiger partial charge on any atom is 0.326 e. The first kappa shape index (κ1) is 17.9. The summed E-state index contributed by atoms with van der Waals surface area (Å²) in [6.07, 6.45) is 0. The minimum atomic E-state index is -0.835. The number of ether oxygens (including phenoxy) is 1. The third-order valence-corrected chi connectivity index (χ3v) is 3.51. The molecular formula is C14H14Cl2N4O4. The number of halogens is 2. The highest BCUT2D eigenvalue weighted by atomic mass is 35.5. The number of nitrogens with two attached hydrogens (primary N) is 1. The lowest BCUT2D eigenvalue weighted by atomic mass is 10.3. The Morgan fingerprint density at radius 3 is 2.75 bits per heavy atom. The highest BCUT2D eigenvalue weighted by Gasteiger charge is 2.17. The summed E-state index contributed by atoms with van der Waals surface area (Å²) in [7, 11) is 0. The van der Waals surface area contributed by atoms with Crippen molar-refractivity contribution in [1.82, 2.24) is 15.3 Å². The van der Waals surface area contributed by atoms with Crippen LogP contribution >= 0.6 is 23.2 Å². The number of hydrogen-bond donors (Lipinski definition) is 4. The standard InChI is InChI=1S/C14H14Cl2N4O4/c1-6(5-24-9-4-7(15)2-3-8(9)16)18-13(22)11-10(17)12(21)20-14(23)19-11/h2-4,6H,5,17H2,1H3,(H,18,22)(H2,19,20,21,23)/t6-/m1/s1. The first-order valence-corrected chi connectivity index (χ1v) is 7.54. The first-order chi connectivity index (χ1) is 11.3. The van der Waals surface area contributed by atoms with E-state index in [0.717, 1.165) is 0 Å². The van der Waals surface area contributed by atoms with Gasteiger partial charge in [0.05, 0.1) is 11.1 Å². The number of carbonyl (C=O) groups excluding carboxylic acids is 1. The summed E-state index contributed by atoms with van der Waals surface area (Å²) in [5.41, 5.74) is 3.15. The molecule has 2 aromatic rings. The monoisotopic (exact) mass is 372 g/mol. The molecule has 0 radical (unpaired) electrons. The molecule has 0 aliphatic rings. The summed E-state index contributed by atoms with van der Waals surface area (Å²) in [4.78, 5) is 38.8. The second-order valence-corrected chi connectivity index (χ2v) is 5.80. The molecular weight excluding hydrogens is 359 g/mol. The summed E-state index contributed by atoms with van der Waals surface area (Å²) in [6.45, 7) is 1.75. The number of nitrogen functional groups attached to an aromatic ring is 1. The molecule has 2 rings (SSSR count). The average Bonchev–Trinajstić information content (AvgIpc) is 2.51. The van der Waals surface area contributed by atoms with Crippen LogP contribution in [0.15, 0.2) is 27.8 Å². The van der Waals surface area contributed by atoms with E-state index in [1.165, 1.54) is 0 Å². The number of hydrogen-bond acceptors (Lipinski definition) is 5. The van der Waals surface area contributed by atoms with Gasteiger partial charge in [0.25, 0.3) is 11.5 Å². The van der Waals surface area contributed by atoms with Crippen LogP contribution in [-0.4, -0.2) is 28.5 Å². The van der Waals surface area contributed by atoms with Crippen LogP contribution in [0.25, 0.3) is 0 Å². The largest absolute Gasteiger partial charge is 0.490 e. The second kappa shape index (κ2) is 7.41. The van der Waals surface area contributed by atoms with Crippen molar-refractivity contribution in [3.05, 3.63) is 54.8 Å². The number of carbonyl (C=O) groups is 1. The fraction of sp³-hybridized carbons (Fsp3) is 0.214. The van der Waals surface area contributed by atoms with Gasteiger partial charge in [-0.05, 0) is 19.1 Å². The summed E-state index contributed by atoms with van der Waals surface area (Å²) >= 11 is 11.8. The number of amides is 1. The quantitative estimate of drug-likeness (QED) is 0.625. The SMILES string of the molecule is C[C@H](COc1cc(Cl)ccc1Cl)NC(=O)c1[nH]c(=O)[nH]c(=O)c1N. The van der Waals surface area contributed by atoms with E-state index in [4.69, 9.17) is 33.7 Å². The van der Waals surface area contributed by atoms with Crippen LogP contribution in [0.3, 0.4) is 0 Å². The minimum absolute atomic E-state index is 0.0825. The van der Waals surface area contributed by atoms with Crippen molar-refractivity contribution >= 4 is 34.8 Å². The molecule has 0 aliphatic heterocycles. The molecule has 8 nitrogen and oxygen atoms in total. The zero-order chi connectivity index (χ0) is 17.9. The van der Waals surface area contributed by atoms with Crippen LogP contribution in [0.5, 0.6) is 5.75 Å². The number of aromatic nitrogens is 2. The Morgan fingerprint density at radius 1 is 1.33 bits per heavy atom. The van der Waals surface area contributed by atoms with Crippen LogP contribution < -0.4 is 27.0 Å². The third-order valence-electron chi connectivity index (χ3n) is 2.97. The third kappa shape index (κ3) is 4.30. The Balaban J connectivity index is 2.03. The van der Waals surface area contributed by atoms with Crippen LogP contribution in [0.4, 0.5) is 5.69 Å². The highest BCUT2D eigenvalue weighted by Crippen LogP contribution is 2.27. The zero-order valence-corrected chi connectivity index (χ0v) is 14.0. The normalized spacial score (nSPS) is 11.8.